The zero-order chi connectivity index (χ0) is 14.3. The average molecular weight is 331 g/mol. The second kappa shape index (κ2) is 4.83. The molecule has 0 saturated carbocycles. The minimum atomic E-state index is -0.314. The van der Waals surface area contributed by atoms with Gasteiger partial charge in [-0.05, 0) is 46.1 Å². The monoisotopic (exact) mass is 330 g/mol. The van der Waals surface area contributed by atoms with Crippen molar-refractivity contribution in [1.29, 1.82) is 0 Å². The Morgan fingerprint density at radius 3 is 2.75 bits per heavy atom. The van der Waals surface area contributed by atoms with Gasteiger partial charge in [0.1, 0.15) is 5.82 Å². The van der Waals surface area contributed by atoms with Crippen LogP contribution < -0.4 is 4.90 Å². The molecule has 5 heteroatoms. The Balaban J connectivity index is 2.08. The molecule has 0 atom stereocenters. The predicted octanol–water partition coefficient (Wildman–Crippen LogP) is 2.88. The number of halogens is 1. The van der Waals surface area contributed by atoms with Gasteiger partial charge in [0.2, 0.25) is 5.91 Å². The predicted molar refractivity (Wildman–Crippen MR) is 78.6 cm³/mol. The number of rotatable bonds is 1. The van der Waals surface area contributed by atoms with E-state index in [4.69, 9.17) is 0 Å². The highest BCUT2D eigenvalue weighted by atomic mass is 79.9. The van der Waals surface area contributed by atoms with E-state index in [-0.39, 0.29) is 18.2 Å². The smallest absolute Gasteiger partial charge is 0.266 e. The van der Waals surface area contributed by atoms with E-state index in [1.807, 2.05) is 19.1 Å². The first-order valence-corrected chi connectivity index (χ1v) is 6.94. The number of anilines is 1. The van der Waals surface area contributed by atoms with Crippen molar-refractivity contribution in [2.45, 2.75) is 13.3 Å². The number of carbonyl (C=O) groups is 2. The summed E-state index contributed by atoms with van der Waals surface area (Å²) in [5, 5.41) is 0. The van der Waals surface area contributed by atoms with Crippen LogP contribution in [-0.2, 0) is 11.2 Å². The number of aryl methyl sites for hydroxylation is 1. The summed E-state index contributed by atoms with van der Waals surface area (Å²) in [4.78, 5) is 30.0. The van der Waals surface area contributed by atoms with Gasteiger partial charge in [0, 0.05) is 16.2 Å². The number of hydrogen-bond acceptors (Lipinski definition) is 3. The molecule has 2 aromatic rings. The van der Waals surface area contributed by atoms with Gasteiger partial charge in [0.15, 0.2) is 0 Å². The summed E-state index contributed by atoms with van der Waals surface area (Å²) >= 11 is 3.36. The highest BCUT2D eigenvalue weighted by Crippen LogP contribution is 2.26. The van der Waals surface area contributed by atoms with Crippen LogP contribution in [0.5, 0.6) is 0 Å². The third-order valence-corrected chi connectivity index (χ3v) is 4.13. The molecular formula is C15H11BrN2O2. The van der Waals surface area contributed by atoms with E-state index in [2.05, 4.69) is 20.9 Å². The number of aromatic nitrogens is 1. The largest absolute Gasteiger partial charge is 0.274 e. The van der Waals surface area contributed by atoms with Gasteiger partial charge in [-0.25, -0.2) is 9.88 Å². The number of hydrogen-bond donors (Lipinski definition) is 0. The highest BCUT2D eigenvalue weighted by Gasteiger charge is 2.32. The summed E-state index contributed by atoms with van der Waals surface area (Å²) in [5.74, 6) is -0.191. The van der Waals surface area contributed by atoms with Gasteiger partial charge in [-0.3, -0.25) is 9.59 Å². The lowest BCUT2D eigenvalue weighted by Gasteiger charge is -2.26. The zero-order valence-corrected chi connectivity index (χ0v) is 12.3. The van der Waals surface area contributed by atoms with Crippen LogP contribution in [0.25, 0.3) is 0 Å². The molecule has 100 valence electrons. The van der Waals surface area contributed by atoms with Crippen LogP contribution in [0.1, 0.15) is 21.5 Å². The van der Waals surface area contributed by atoms with Crippen molar-refractivity contribution >= 4 is 33.6 Å². The zero-order valence-electron chi connectivity index (χ0n) is 10.8. The maximum Gasteiger partial charge on any atom is 0.266 e. The first-order chi connectivity index (χ1) is 9.58. The van der Waals surface area contributed by atoms with E-state index in [0.29, 0.717) is 11.4 Å². The highest BCUT2D eigenvalue weighted by molar-refractivity contribution is 9.10. The fourth-order valence-electron chi connectivity index (χ4n) is 2.24. The molecule has 0 N–H and O–H groups in total. The Morgan fingerprint density at radius 1 is 1.25 bits per heavy atom. The van der Waals surface area contributed by atoms with Gasteiger partial charge < -0.3 is 0 Å². The van der Waals surface area contributed by atoms with E-state index in [9.17, 15) is 9.59 Å². The van der Waals surface area contributed by atoms with Gasteiger partial charge in [-0.15, -0.1) is 0 Å². The Morgan fingerprint density at radius 2 is 2.00 bits per heavy atom. The minimum absolute atomic E-state index is 0.221. The topological polar surface area (TPSA) is 50.3 Å². The summed E-state index contributed by atoms with van der Waals surface area (Å²) in [6.45, 7) is 1.89. The summed E-state index contributed by atoms with van der Waals surface area (Å²) in [7, 11) is 0. The minimum Gasteiger partial charge on any atom is -0.274 e. The van der Waals surface area contributed by atoms with E-state index in [1.165, 1.54) is 0 Å². The van der Waals surface area contributed by atoms with E-state index in [0.717, 1.165) is 20.5 Å². The van der Waals surface area contributed by atoms with Crippen LogP contribution in [0.2, 0.25) is 0 Å². The molecule has 2 heterocycles. The number of pyridine rings is 1. The number of benzene rings is 1. The average Bonchev–Trinajstić information content (AvgIpc) is 2.43. The number of carbonyl (C=O) groups excluding carboxylic acids is 2. The van der Waals surface area contributed by atoms with Crippen molar-refractivity contribution in [2.24, 2.45) is 0 Å². The lowest BCUT2D eigenvalue weighted by Crippen LogP contribution is -2.43. The van der Waals surface area contributed by atoms with Crippen LogP contribution in [-0.4, -0.2) is 16.8 Å². The molecule has 1 aliphatic rings. The lowest BCUT2D eigenvalue weighted by atomic mass is 9.98. The molecule has 0 bridgehead atoms. The molecule has 0 aliphatic carbocycles. The summed E-state index contributed by atoms with van der Waals surface area (Å²) in [6, 6.07) is 8.90. The van der Waals surface area contributed by atoms with Crippen molar-refractivity contribution in [3.8, 4) is 0 Å². The number of nitrogens with zero attached hydrogens (tertiary/aromatic N) is 2. The Hall–Kier alpha value is -2.01. The third kappa shape index (κ3) is 2.04. The molecule has 1 aromatic carbocycles. The maximum absolute atomic E-state index is 12.5. The normalized spacial score (nSPS) is 14.4. The van der Waals surface area contributed by atoms with Crippen LogP contribution in [0.4, 0.5) is 5.82 Å². The van der Waals surface area contributed by atoms with Crippen molar-refractivity contribution in [1.82, 2.24) is 4.98 Å². The molecule has 1 aliphatic heterocycles. The third-order valence-electron chi connectivity index (χ3n) is 3.30. The second-order valence-electron chi connectivity index (χ2n) is 4.66. The van der Waals surface area contributed by atoms with Crippen LogP contribution >= 0.6 is 15.9 Å². The Bertz CT molecular complexity index is 728. The molecule has 0 saturated heterocycles. The molecule has 0 spiro atoms. The van der Waals surface area contributed by atoms with E-state index < -0.39 is 0 Å². The molecule has 4 nitrogen and oxygen atoms in total. The second-order valence-corrected chi connectivity index (χ2v) is 5.51. The van der Waals surface area contributed by atoms with Crippen LogP contribution in [0.3, 0.4) is 0 Å². The number of amides is 2. The van der Waals surface area contributed by atoms with Gasteiger partial charge in [0.25, 0.3) is 5.91 Å². The van der Waals surface area contributed by atoms with Gasteiger partial charge in [-0.1, -0.05) is 18.2 Å². The number of fused-ring (bicyclic) bond motifs is 1. The van der Waals surface area contributed by atoms with Crippen molar-refractivity contribution in [3.63, 3.8) is 0 Å². The standard InChI is InChI=1S/C15H11BrN2O2/c1-9-6-13(17-8-12(9)16)18-14(19)7-10-4-2-3-5-11(10)15(18)20/h2-6,8H,7H2,1H3. The first-order valence-electron chi connectivity index (χ1n) is 6.15. The van der Waals surface area contributed by atoms with E-state index in [1.54, 1.807) is 24.4 Å². The fourth-order valence-corrected chi connectivity index (χ4v) is 2.45. The fraction of sp³-hybridized carbons (Fsp3) is 0.133. The summed E-state index contributed by atoms with van der Waals surface area (Å²) in [6.07, 6.45) is 1.82. The molecule has 1 aromatic heterocycles. The molecule has 3 rings (SSSR count). The molecule has 0 unspecified atom stereocenters. The van der Waals surface area contributed by atoms with Gasteiger partial charge in [0.05, 0.1) is 6.42 Å². The quantitative estimate of drug-likeness (QED) is 0.755. The Kier molecular flexibility index (Phi) is 3.14. The SMILES string of the molecule is Cc1cc(N2C(=O)Cc3ccccc3C2=O)ncc1Br. The lowest BCUT2D eigenvalue weighted by molar-refractivity contribution is -0.117. The summed E-state index contributed by atoms with van der Waals surface area (Å²) < 4.78 is 0.846. The molecule has 2 amide bonds. The number of imide groups is 1. The molecule has 0 radical (unpaired) electrons. The van der Waals surface area contributed by atoms with Crippen molar-refractivity contribution < 1.29 is 9.59 Å². The Labute approximate surface area is 124 Å². The van der Waals surface area contributed by atoms with E-state index >= 15 is 0 Å². The molecule has 20 heavy (non-hydrogen) atoms. The van der Waals surface area contributed by atoms with Crippen molar-refractivity contribution in [3.05, 3.63) is 57.7 Å². The van der Waals surface area contributed by atoms with Crippen LogP contribution in [0, 0.1) is 6.92 Å². The van der Waals surface area contributed by atoms with Crippen molar-refractivity contribution in [2.75, 3.05) is 4.90 Å². The summed E-state index contributed by atoms with van der Waals surface area (Å²) in [5.41, 5.74) is 2.26. The maximum atomic E-state index is 12.5. The first kappa shape index (κ1) is 13.0. The molecule has 0 fully saturated rings. The van der Waals surface area contributed by atoms with Crippen LogP contribution in [0.15, 0.2) is 41.0 Å². The molecular weight excluding hydrogens is 320 g/mol. The van der Waals surface area contributed by atoms with Gasteiger partial charge >= 0.3 is 0 Å². The van der Waals surface area contributed by atoms with Gasteiger partial charge in [-0.2, -0.15) is 0 Å².